The van der Waals surface area contributed by atoms with Crippen LogP contribution in [0.1, 0.15) is 53.4 Å². The molecule has 0 saturated carbocycles. The lowest BCUT2D eigenvalue weighted by Crippen LogP contribution is -2.49. The number of thiophene rings is 1. The number of aryl methyl sites for hydroxylation is 2. The van der Waals surface area contributed by atoms with E-state index in [-0.39, 0.29) is 17.9 Å². The van der Waals surface area contributed by atoms with E-state index in [1.807, 2.05) is 11.8 Å². The summed E-state index contributed by atoms with van der Waals surface area (Å²) in [7, 11) is 0. The molecule has 27 heavy (non-hydrogen) atoms. The number of nitrogens with one attached hydrogen (secondary N) is 1. The molecule has 142 valence electrons. The third kappa shape index (κ3) is 3.79. The SMILES string of the molecule is CCCC(=O)NC1CCCN(C(=O)c2cc3c(s2)-c2ccccc2CC3)C1. The maximum Gasteiger partial charge on any atom is 0.264 e. The number of benzene rings is 1. The van der Waals surface area contributed by atoms with Gasteiger partial charge in [-0.15, -0.1) is 11.3 Å². The molecular weight excluding hydrogens is 356 g/mol. The molecule has 5 heteroatoms. The molecule has 1 fully saturated rings. The normalized spacial score (nSPS) is 18.6. The molecule has 2 aromatic rings. The van der Waals surface area contributed by atoms with E-state index in [9.17, 15) is 9.59 Å². The van der Waals surface area contributed by atoms with E-state index < -0.39 is 0 Å². The molecule has 1 aliphatic heterocycles. The summed E-state index contributed by atoms with van der Waals surface area (Å²) in [5, 5.41) is 3.09. The minimum Gasteiger partial charge on any atom is -0.352 e. The number of carbonyl (C=O) groups excluding carboxylic acids is 2. The molecule has 2 amide bonds. The first-order valence-electron chi connectivity index (χ1n) is 9.95. The van der Waals surface area contributed by atoms with E-state index in [2.05, 4.69) is 35.6 Å². The van der Waals surface area contributed by atoms with E-state index in [4.69, 9.17) is 0 Å². The summed E-state index contributed by atoms with van der Waals surface area (Å²) in [5.41, 5.74) is 3.96. The Morgan fingerprint density at radius 2 is 2.04 bits per heavy atom. The first-order chi connectivity index (χ1) is 13.2. The summed E-state index contributed by atoms with van der Waals surface area (Å²) in [4.78, 5) is 29.0. The fourth-order valence-electron chi connectivity index (χ4n) is 4.14. The number of piperidine rings is 1. The lowest BCUT2D eigenvalue weighted by atomic mass is 9.91. The quantitative estimate of drug-likeness (QED) is 0.868. The van der Waals surface area contributed by atoms with Gasteiger partial charge in [-0.2, -0.15) is 0 Å². The molecule has 1 atom stereocenters. The topological polar surface area (TPSA) is 49.4 Å². The molecular formula is C22H26N2O2S. The summed E-state index contributed by atoms with van der Waals surface area (Å²) >= 11 is 1.62. The first kappa shape index (κ1) is 18.2. The molecule has 1 aromatic heterocycles. The number of amides is 2. The van der Waals surface area contributed by atoms with Gasteiger partial charge in [-0.3, -0.25) is 9.59 Å². The van der Waals surface area contributed by atoms with Crippen LogP contribution in [-0.2, 0) is 17.6 Å². The zero-order valence-electron chi connectivity index (χ0n) is 15.8. The summed E-state index contributed by atoms with van der Waals surface area (Å²) in [6, 6.07) is 10.7. The number of nitrogens with zero attached hydrogens (tertiary/aromatic N) is 1. The van der Waals surface area contributed by atoms with Crippen LogP contribution in [0.15, 0.2) is 30.3 Å². The molecule has 1 aliphatic carbocycles. The number of carbonyl (C=O) groups is 2. The third-order valence-corrected chi connectivity index (χ3v) is 6.69. The highest BCUT2D eigenvalue weighted by Gasteiger charge is 2.28. The lowest BCUT2D eigenvalue weighted by Gasteiger charge is -2.33. The lowest BCUT2D eigenvalue weighted by molar-refractivity contribution is -0.122. The van der Waals surface area contributed by atoms with Gasteiger partial charge in [-0.25, -0.2) is 0 Å². The zero-order valence-corrected chi connectivity index (χ0v) is 16.6. The highest BCUT2D eigenvalue weighted by molar-refractivity contribution is 7.17. The Labute approximate surface area is 164 Å². The van der Waals surface area contributed by atoms with E-state index >= 15 is 0 Å². The second-order valence-corrected chi connectivity index (χ2v) is 8.58. The van der Waals surface area contributed by atoms with Crippen molar-refractivity contribution in [1.82, 2.24) is 10.2 Å². The summed E-state index contributed by atoms with van der Waals surface area (Å²) < 4.78 is 0. The van der Waals surface area contributed by atoms with Crippen molar-refractivity contribution in [2.24, 2.45) is 0 Å². The Balaban J connectivity index is 1.49. The van der Waals surface area contributed by atoms with Crippen molar-refractivity contribution >= 4 is 23.2 Å². The Hall–Kier alpha value is -2.14. The van der Waals surface area contributed by atoms with Crippen molar-refractivity contribution in [2.45, 2.75) is 51.5 Å². The fourth-order valence-corrected chi connectivity index (χ4v) is 5.38. The van der Waals surface area contributed by atoms with E-state index in [1.54, 1.807) is 11.3 Å². The van der Waals surface area contributed by atoms with Gasteiger partial charge in [0.15, 0.2) is 0 Å². The van der Waals surface area contributed by atoms with Crippen LogP contribution < -0.4 is 5.32 Å². The molecule has 0 bridgehead atoms. The van der Waals surface area contributed by atoms with Crippen LogP contribution in [0.2, 0.25) is 0 Å². The van der Waals surface area contributed by atoms with E-state index in [1.165, 1.54) is 21.6 Å². The summed E-state index contributed by atoms with van der Waals surface area (Å²) in [6.45, 7) is 3.40. The van der Waals surface area contributed by atoms with Crippen LogP contribution in [0.4, 0.5) is 0 Å². The molecule has 1 aromatic carbocycles. The van der Waals surface area contributed by atoms with Gasteiger partial charge in [-0.1, -0.05) is 31.2 Å². The minimum absolute atomic E-state index is 0.0806. The van der Waals surface area contributed by atoms with Crippen molar-refractivity contribution in [3.63, 3.8) is 0 Å². The third-order valence-electron chi connectivity index (χ3n) is 5.50. The maximum atomic E-state index is 13.1. The summed E-state index contributed by atoms with van der Waals surface area (Å²) in [5.74, 6) is 0.210. The number of hydrogen-bond acceptors (Lipinski definition) is 3. The number of fused-ring (bicyclic) bond motifs is 3. The maximum absolute atomic E-state index is 13.1. The predicted molar refractivity (Wildman–Crippen MR) is 109 cm³/mol. The largest absolute Gasteiger partial charge is 0.352 e. The second kappa shape index (κ2) is 7.85. The number of likely N-dealkylation sites (tertiary alicyclic amines) is 1. The van der Waals surface area contributed by atoms with Gasteiger partial charge >= 0.3 is 0 Å². The van der Waals surface area contributed by atoms with E-state index in [0.717, 1.165) is 43.5 Å². The standard InChI is InChI=1S/C22H26N2O2S/c1-2-6-20(25)23-17-8-5-12-24(14-17)22(26)19-13-16-11-10-15-7-3-4-9-18(15)21(16)27-19/h3-4,7,9,13,17H,2,5-6,8,10-12,14H2,1H3,(H,23,25). The van der Waals surface area contributed by atoms with Crippen LogP contribution in [0.25, 0.3) is 10.4 Å². The average Bonchev–Trinajstić information content (AvgIpc) is 3.12. The summed E-state index contributed by atoms with van der Waals surface area (Å²) in [6.07, 6.45) is 5.35. The molecule has 2 aliphatic rings. The zero-order chi connectivity index (χ0) is 18.8. The number of rotatable bonds is 4. The van der Waals surface area contributed by atoms with Crippen LogP contribution in [0, 0.1) is 0 Å². The molecule has 0 spiro atoms. The van der Waals surface area contributed by atoms with Gasteiger partial charge in [-0.05, 0) is 54.9 Å². The first-order valence-corrected chi connectivity index (χ1v) is 10.8. The van der Waals surface area contributed by atoms with Crippen molar-refractivity contribution < 1.29 is 9.59 Å². The Kier molecular flexibility index (Phi) is 5.30. The van der Waals surface area contributed by atoms with Crippen LogP contribution in [0.3, 0.4) is 0 Å². The van der Waals surface area contributed by atoms with Gasteiger partial charge < -0.3 is 10.2 Å². The Morgan fingerprint density at radius 3 is 2.89 bits per heavy atom. The van der Waals surface area contributed by atoms with Crippen molar-refractivity contribution in [2.75, 3.05) is 13.1 Å². The van der Waals surface area contributed by atoms with Crippen molar-refractivity contribution in [3.05, 3.63) is 46.3 Å². The van der Waals surface area contributed by atoms with Crippen LogP contribution in [0.5, 0.6) is 0 Å². The van der Waals surface area contributed by atoms with E-state index in [0.29, 0.717) is 13.0 Å². The second-order valence-electron chi connectivity index (χ2n) is 7.53. The monoisotopic (exact) mass is 382 g/mol. The average molecular weight is 383 g/mol. The molecule has 4 rings (SSSR count). The van der Waals surface area contributed by atoms with Crippen molar-refractivity contribution in [3.8, 4) is 10.4 Å². The molecule has 1 unspecified atom stereocenters. The highest BCUT2D eigenvalue weighted by Crippen LogP contribution is 2.39. The highest BCUT2D eigenvalue weighted by atomic mass is 32.1. The fraction of sp³-hybridized carbons (Fsp3) is 0.455. The smallest absolute Gasteiger partial charge is 0.264 e. The van der Waals surface area contributed by atoms with Gasteiger partial charge in [0.25, 0.3) is 5.91 Å². The van der Waals surface area contributed by atoms with Crippen LogP contribution in [-0.4, -0.2) is 35.8 Å². The van der Waals surface area contributed by atoms with Crippen molar-refractivity contribution in [1.29, 1.82) is 0 Å². The van der Waals surface area contributed by atoms with Crippen LogP contribution >= 0.6 is 11.3 Å². The Bertz CT molecular complexity index is 858. The molecule has 4 nitrogen and oxygen atoms in total. The molecule has 1 saturated heterocycles. The molecule has 2 heterocycles. The molecule has 0 radical (unpaired) electrons. The van der Waals surface area contributed by atoms with Gasteiger partial charge in [0.2, 0.25) is 5.91 Å². The van der Waals surface area contributed by atoms with Gasteiger partial charge in [0, 0.05) is 30.4 Å². The minimum atomic E-state index is 0.0806. The van der Waals surface area contributed by atoms with Gasteiger partial charge in [0.05, 0.1) is 4.88 Å². The predicted octanol–water partition coefficient (Wildman–Crippen LogP) is 4.03. The number of hydrogen-bond donors (Lipinski definition) is 1. The van der Waals surface area contributed by atoms with Gasteiger partial charge in [0.1, 0.15) is 0 Å². The molecule has 1 N–H and O–H groups in total. The Morgan fingerprint density at radius 1 is 1.22 bits per heavy atom.